The first-order valence-electron chi connectivity index (χ1n) is 2.59. The van der Waals surface area contributed by atoms with E-state index in [0.29, 0.717) is 0 Å². The predicted molar refractivity (Wildman–Crippen MR) is 35.2 cm³/mol. The molecule has 0 aromatic heterocycles. The van der Waals surface area contributed by atoms with Gasteiger partial charge in [-0.3, -0.25) is 10.2 Å². The number of nitrogens with zero attached hydrogens (tertiary/aromatic N) is 1. The first-order valence-corrected chi connectivity index (χ1v) is 2.59. The Balaban J connectivity index is 3.39. The molecule has 0 saturated heterocycles. The highest BCUT2D eigenvalue weighted by Crippen LogP contribution is 1.92. The van der Waals surface area contributed by atoms with E-state index in [0.717, 1.165) is 0 Å². The molecule has 0 saturated carbocycles. The first-order chi connectivity index (χ1) is 4.66. The van der Waals surface area contributed by atoms with Crippen molar-refractivity contribution < 1.29 is 14.7 Å². The van der Waals surface area contributed by atoms with Crippen molar-refractivity contribution in [2.24, 2.45) is 5.16 Å². The first kappa shape index (κ1) is 8.61. The maximum Gasteiger partial charge on any atom is 0.303 e. The van der Waals surface area contributed by atoms with E-state index in [1.54, 1.807) is 0 Å². The van der Waals surface area contributed by atoms with E-state index in [1.807, 2.05) is 0 Å². The third-order valence-corrected chi connectivity index (χ3v) is 0.741. The van der Waals surface area contributed by atoms with Gasteiger partial charge in [-0.2, -0.15) is 0 Å². The molecule has 56 valence electrons. The van der Waals surface area contributed by atoms with Crippen molar-refractivity contribution in [2.75, 3.05) is 0 Å². The van der Waals surface area contributed by atoms with Crippen molar-refractivity contribution in [3.8, 4) is 0 Å². The quantitative estimate of drug-likeness (QED) is 0.341. The number of hydrogen-bond acceptors (Lipinski definition) is 4. The SMILES string of the molecule is C=NOC(=N)CCC(=O)O. The normalized spacial score (nSPS) is 8.40. The Morgan fingerprint density at radius 2 is 2.30 bits per heavy atom. The summed E-state index contributed by atoms with van der Waals surface area (Å²) in [7, 11) is 0. The zero-order valence-electron chi connectivity index (χ0n) is 5.33. The summed E-state index contributed by atoms with van der Waals surface area (Å²) < 4.78 is 0. The molecular weight excluding hydrogens is 136 g/mol. The Kier molecular flexibility index (Phi) is 3.86. The Labute approximate surface area is 57.8 Å². The third-order valence-electron chi connectivity index (χ3n) is 0.741. The molecule has 0 aliphatic rings. The Morgan fingerprint density at radius 3 is 2.70 bits per heavy atom. The number of nitrogens with one attached hydrogen (secondary N) is 1. The highest BCUT2D eigenvalue weighted by Gasteiger charge is 2.01. The van der Waals surface area contributed by atoms with Gasteiger partial charge in [0.05, 0.1) is 6.42 Å². The van der Waals surface area contributed by atoms with Gasteiger partial charge >= 0.3 is 5.97 Å². The number of carboxylic acids is 1. The van der Waals surface area contributed by atoms with Gasteiger partial charge in [-0.1, -0.05) is 5.16 Å². The molecule has 0 spiro atoms. The Hall–Kier alpha value is -1.39. The minimum absolute atomic E-state index is 0.0500. The zero-order valence-corrected chi connectivity index (χ0v) is 5.33. The molecular formula is C5H8N2O3. The van der Waals surface area contributed by atoms with Crippen molar-refractivity contribution in [1.29, 1.82) is 5.41 Å². The summed E-state index contributed by atoms with van der Waals surface area (Å²) in [4.78, 5) is 14.1. The Bertz CT molecular complexity index is 155. The topological polar surface area (TPSA) is 82.7 Å². The van der Waals surface area contributed by atoms with E-state index in [2.05, 4.69) is 16.7 Å². The molecule has 0 radical (unpaired) electrons. The van der Waals surface area contributed by atoms with Crippen molar-refractivity contribution in [3.05, 3.63) is 0 Å². The van der Waals surface area contributed by atoms with Crippen LogP contribution in [0.25, 0.3) is 0 Å². The average Bonchev–Trinajstić information content (AvgIpc) is 1.85. The minimum atomic E-state index is -0.961. The summed E-state index contributed by atoms with van der Waals surface area (Å²) in [6.45, 7) is 2.97. The van der Waals surface area contributed by atoms with E-state index in [1.165, 1.54) is 0 Å². The van der Waals surface area contributed by atoms with Crippen molar-refractivity contribution in [2.45, 2.75) is 12.8 Å². The maximum atomic E-state index is 9.91. The molecule has 0 bridgehead atoms. The fraction of sp³-hybridized carbons (Fsp3) is 0.400. The predicted octanol–water partition coefficient (Wildman–Crippen LogP) is 0.461. The van der Waals surface area contributed by atoms with E-state index in [4.69, 9.17) is 10.5 Å². The Morgan fingerprint density at radius 1 is 1.70 bits per heavy atom. The lowest BCUT2D eigenvalue weighted by molar-refractivity contribution is -0.136. The molecule has 0 unspecified atom stereocenters. The highest BCUT2D eigenvalue weighted by molar-refractivity contribution is 5.78. The monoisotopic (exact) mass is 144 g/mol. The lowest BCUT2D eigenvalue weighted by Gasteiger charge is -1.95. The second kappa shape index (κ2) is 4.49. The van der Waals surface area contributed by atoms with Crippen molar-refractivity contribution >= 4 is 18.6 Å². The summed E-state index contributed by atoms with van der Waals surface area (Å²) in [5.74, 6) is -1.14. The smallest absolute Gasteiger partial charge is 0.303 e. The molecule has 0 aliphatic carbocycles. The molecule has 5 nitrogen and oxygen atoms in total. The molecule has 0 aromatic carbocycles. The lowest BCUT2D eigenvalue weighted by Crippen LogP contribution is -2.02. The van der Waals surface area contributed by atoms with Crippen LogP contribution < -0.4 is 0 Å². The van der Waals surface area contributed by atoms with Crippen LogP contribution in [-0.2, 0) is 9.63 Å². The van der Waals surface area contributed by atoms with Crippen LogP contribution >= 0.6 is 0 Å². The van der Waals surface area contributed by atoms with Gasteiger partial charge in [0.15, 0.2) is 0 Å². The van der Waals surface area contributed by atoms with Crippen LogP contribution in [0.1, 0.15) is 12.8 Å². The highest BCUT2D eigenvalue weighted by atomic mass is 16.6. The largest absolute Gasteiger partial charge is 0.481 e. The summed E-state index contributed by atoms with van der Waals surface area (Å²) in [6.07, 6.45) is -0.0668. The van der Waals surface area contributed by atoms with E-state index >= 15 is 0 Å². The molecule has 0 aliphatic heterocycles. The van der Waals surface area contributed by atoms with Crippen LogP contribution in [0.15, 0.2) is 5.16 Å². The molecule has 2 N–H and O–H groups in total. The van der Waals surface area contributed by atoms with Gasteiger partial charge in [0.1, 0.15) is 0 Å². The van der Waals surface area contributed by atoms with Crippen molar-refractivity contribution in [1.82, 2.24) is 0 Å². The van der Waals surface area contributed by atoms with Gasteiger partial charge in [0.2, 0.25) is 5.90 Å². The molecule has 0 heterocycles. The van der Waals surface area contributed by atoms with Gasteiger partial charge in [0.25, 0.3) is 0 Å². The lowest BCUT2D eigenvalue weighted by atomic mass is 10.3. The van der Waals surface area contributed by atoms with Crippen LogP contribution in [0, 0.1) is 5.41 Å². The van der Waals surface area contributed by atoms with E-state index in [9.17, 15) is 4.79 Å². The minimum Gasteiger partial charge on any atom is -0.481 e. The molecule has 0 atom stereocenters. The summed E-state index contributed by atoms with van der Waals surface area (Å²) in [6, 6.07) is 0. The van der Waals surface area contributed by atoms with Gasteiger partial charge in [-0.25, -0.2) is 0 Å². The third kappa shape index (κ3) is 4.76. The maximum absolute atomic E-state index is 9.91. The average molecular weight is 144 g/mol. The van der Waals surface area contributed by atoms with Gasteiger partial charge in [-0.05, 0) is 0 Å². The molecule has 0 fully saturated rings. The number of carbonyl (C=O) groups is 1. The van der Waals surface area contributed by atoms with Crippen LogP contribution in [0.4, 0.5) is 0 Å². The zero-order chi connectivity index (χ0) is 7.98. The van der Waals surface area contributed by atoms with Crippen LogP contribution in [0.3, 0.4) is 0 Å². The second-order valence-electron chi connectivity index (χ2n) is 1.54. The van der Waals surface area contributed by atoms with Crippen LogP contribution in [0.5, 0.6) is 0 Å². The van der Waals surface area contributed by atoms with E-state index in [-0.39, 0.29) is 18.7 Å². The van der Waals surface area contributed by atoms with Crippen LogP contribution in [-0.4, -0.2) is 23.7 Å². The van der Waals surface area contributed by atoms with Gasteiger partial charge < -0.3 is 9.94 Å². The summed E-state index contributed by atoms with van der Waals surface area (Å²) >= 11 is 0. The molecule has 0 amide bonds. The van der Waals surface area contributed by atoms with Crippen LogP contribution in [0.2, 0.25) is 0 Å². The van der Waals surface area contributed by atoms with Gasteiger partial charge in [0, 0.05) is 13.1 Å². The second-order valence-corrected chi connectivity index (χ2v) is 1.54. The summed E-state index contributed by atoms with van der Waals surface area (Å²) in [5.41, 5.74) is 0. The number of carboxylic acid groups (broad SMARTS) is 1. The van der Waals surface area contributed by atoms with Crippen molar-refractivity contribution in [3.63, 3.8) is 0 Å². The summed E-state index contributed by atoms with van der Waals surface area (Å²) in [5, 5.41) is 17.9. The number of oxime groups is 1. The van der Waals surface area contributed by atoms with E-state index < -0.39 is 5.97 Å². The molecule has 10 heavy (non-hydrogen) atoms. The van der Waals surface area contributed by atoms with Gasteiger partial charge in [-0.15, -0.1) is 0 Å². The molecule has 0 rings (SSSR count). The standard InChI is InChI=1S/C5H8N2O3/c1-7-10-4(6)2-3-5(8)9/h6H,1-3H2,(H,8,9). The molecule has 5 heteroatoms. The fourth-order valence-electron chi connectivity index (χ4n) is 0.344. The fourth-order valence-corrected chi connectivity index (χ4v) is 0.344. The molecule has 0 aromatic rings. The number of rotatable bonds is 4. The number of aliphatic carboxylic acids is 1. The number of hydrogen-bond donors (Lipinski definition) is 2.